The van der Waals surface area contributed by atoms with E-state index >= 15 is 0 Å². The van der Waals surface area contributed by atoms with Gasteiger partial charge in [-0.3, -0.25) is 14.6 Å². The fourth-order valence-electron chi connectivity index (χ4n) is 5.07. The van der Waals surface area contributed by atoms with Gasteiger partial charge in [0, 0.05) is 43.7 Å². The van der Waals surface area contributed by atoms with Gasteiger partial charge in [-0.05, 0) is 55.2 Å². The van der Waals surface area contributed by atoms with Crippen molar-refractivity contribution < 1.29 is 15.0 Å². The Hall–Kier alpha value is -3.56. The second-order valence-electron chi connectivity index (χ2n) is 9.82. The summed E-state index contributed by atoms with van der Waals surface area (Å²) in [7, 11) is 0. The SMILES string of the molecule is C=CCN1CC(C)N(C(c2ccc(-c3nnn(CCCCC(=O)O)n3)cc2)c2cccc(O)c2)CC1C. The summed E-state index contributed by atoms with van der Waals surface area (Å²) in [4.78, 5) is 17.2. The van der Waals surface area contributed by atoms with Crippen LogP contribution in [0.5, 0.6) is 5.75 Å². The number of carboxylic acid groups (broad SMARTS) is 1. The Kier molecular flexibility index (Phi) is 8.68. The molecule has 3 atom stereocenters. The lowest BCUT2D eigenvalue weighted by molar-refractivity contribution is -0.137. The number of piperazine rings is 1. The summed E-state index contributed by atoms with van der Waals surface area (Å²) in [6, 6.07) is 16.4. The molecular formula is C28H36N6O3. The second kappa shape index (κ2) is 12.1. The smallest absolute Gasteiger partial charge is 0.303 e. The molecule has 9 heteroatoms. The van der Waals surface area contributed by atoms with Crippen molar-refractivity contribution in [1.82, 2.24) is 30.0 Å². The highest BCUT2D eigenvalue weighted by Crippen LogP contribution is 2.35. The van der Waals surface area contributed by atoms with Crippen molar-refractivity contribution >= 4 is 5.97 Å². The average Bonchev–Trinajstić information content (AvgIpc) is 3.34. The van der Waals surface area contributed by atoms with Crippen LogP contribution in [0.25, 0.3) is 11.4 Å². The number of hydrogen-bond donors (Lipinski definition) is 2. The number of aryl methyl sites for hydroxylation is 1. The van der Waals surface area contributed by atoms with Crippen molar-refractivity contribution in [2.45, 2.75) is 57.8 Å². The Balaban J connectivity index is 1.55. The summed E-state index contributed by atoms with van der Waals surface area (Å²) in [5.41, 5.74) is 3.05. The Morgan fingerprint density at radius 3 is 2.59 bits per heavy atom. The summed E-state index contributed by atoms with van der Waals surface area (Å²) in [5, 5.41) is 31.8. The lowest BCUT2D eigenvalue weighted by Crippen LogP contribution is -2.57. The number of aromatic hydroxyl groups is 1. The number of nitrogens with zero attached hydrogens (tertiary/aromatic N) is 6. The molecule has 0 aliphatic carbocycles. The molecule has 3 aromatic rings. The standard InChI is InChI=1S/C28H36N6O3/c1-4-15-32-18-21(3)33(19-20(32)2)27(24-8-7-9-25(35)17-24)22-11-13-23(14-12-22)28-29-31-34(30-28)16-6-5-10-26(36)37/h4,7-9,11-14,17,20-21,27,35H,1,5-6,10,15-16,18-19H2,2-3H3,(H,36,37). The van der Waals surface area contributed by atoms with Crippen LogP contribution in [-0.4, -0.2) is 77.9 Å². The van der Waals surface area contributed by atoms with Crippen molar-refractivity contribution in [3.8, 4) is 17.1 Å². The van der Waals surface area contributed by atoms with Crippen molar-refractivity contribution in [1.29, 1.82) is 0 Å². The van der Waals surface area contributed by atoms with Gasteiger partial charge in [0.1, 0.15) is 5.75 Å². The van der Waals surface area contributed by atoms with E-state index in [0.29, 0.717) is 37.3 Å². The van der Waals surface area contributed by atoms with Crippen molar-refractivity contribution in [3.63, 3.8) is 0 Å². The van der Waals surface area contributed by atoms with Gasteiger partial charge in [0.25, 0.3) is 0 Å². The van der Waals surface area contributed by atoms with Gasteiger partial charge in [0.05, 0.1) is 12.6 Å². The quantitative estimate of drug-likeness (QED) is 0.298. The molecule has 0 amide bonds. The largest absolute Gasteiger partial charge is 0.508 e. The molecule has 2 heterocycles. The zero-order valence-corrected chi connectivity index (χ0v) is 21.6. The molecule has 4 rings (SSSR count). The minimum atomic E-state index is -0.793. The van der Waals surface area contributed by atoms with Gasteiger partial charge in [-0.2, -0.15) is 4.80 Å². The molecule has 0 radical (unpaired) electrons. The molecular weight excluding hydrogens is 468 g/mol. The number of carboxylic acids is 1. The van der Waals surface area contributed by atoms with Gasteiger partial charge in [-0.25, -0.2) is 0 Å². The number of unbranched alkanes of at least 4 members (excludes halogenated alkanes) is 1. The molecule has 0 spiro atoms. The van der Waals surface area contributed by atoms with Crippen LogP contribution in [0.3, 0.4) is 0 Å². The molecule has 1 aromatic heterocycles. The van der Waals surface area contributed by atoms with Crippen molar-refractivity contribution in [3.05, 3.63) is 72.3 Å². The molecule has 0 saturated carbocycles. The first-order valence-electron chi connectivity index (χ1n) is 12.8. The number of aliphatic carboxylic acids is 1. The maximum atomic E-state index is 10.7. The monoisotopic (exact) mass is 504 g/mol. The number of rotatable bonds is 11. The predicted octanol–water partition coefficient (Wildman–Crippen LogP) is 3.97. The normalized spacial score (nSPS) is 19.5. The molecule has 0 bridgehead atoms. The topological polar surface area (TPSA) is 108 Å². The van der Waals surface area contributed by atoms with Crippen molar-refractivity contribution in [2.75, 3.05) is 19.6 Å². The number of aromatic nitrogens is 4. The van der Waals surface area contributed by atoms with E-state index in [0.717, 1.165) is 36.3 Å². The first kappa shape index (κ1) is 26.5. The molecule has 1 aliphatic rings. The zero-order valence-electron chi connectivity index (χ0n) is 21.6. The van der Waals surface area contributed by atoms with E-state index in [1.165, 1.54) is 4.80 Å². The number of carbonyl (C=O) groups is 1. The zero-order chi connectivity index (χ0) is 26.4. The summed E-state index contributed by atoms with van der Waals surface area (Å²) < 4.78 is 0. The molecule has 2 N–H and O–H groups in total. The Morgan fingerprint density at radius 2 is 1.89 bits per heavy atom. The molecule has 2 aromatic carbocycles. The van der Waals surface area contributed by atoms with Gasteiger partial charge < -0.3 is 10.2 Å². The third-order valence-electron chi connectivity index (χ3n) is 6.98. The Labute approximate surface area is 218 Å². The number of phenolic OH excluding ortho intramolecular Hbond substituents is 1. The molecule has 196 valence electrons. The fraction of sp³-hybridized carbons (Fsp3) is 0.429. The van der Waals surface area contributed by atoms with E-state index in [1.807, 2.05) is 30.3 Å². The van der Waals surface area contributed by atoms with Gasteiger partial charge in [-0.15, -0.1) is 16.8 Å². The molecule has 1 saturated heterocycles. The number of benzene rings is 2. The number of hydrogen-bond acceptors (Lipinski definition) is 7. The van der Waals surface area contributed by atoms with E-state index in [-0.39, 0.29) is 18.2 Å². The number of phenols is 1. The van der Waals surface area contributed by atoms with E-state index in [2.05, 4.69) is 63.8 Å². The molecule has 3 unspecified atom stereocenters. The van der Waals surface area contributed by atoms with Gasteiger partial charge in [-0.1, -0.05) is 42.5 Å². The summed E-state index contributed by atoms with van der Waals surface area (Å²) in [6.07, 6.45) is 3.37. The van der Waals surface area contributed by atoms with E-state index in [9.17, 15) is 9.90 Å². The Bertz CT molecular complexity index is 1190. The second-order valence-corrected chi connectivity index (χ2v) is 9.82. The highest BCUT2D eigenvalue weighted by molar-refractivity contribution is 5.66. The maximum absolute atomic E-state index is 10.7. The molecule has 1 aliphatic heterocycles. The van der Waals surface area contributed by atoms with Crippen molar-refractivity contribution in [2.24, 2.45) is 0 Å². The summed E-state index contributed by atoms with van der Waals surface area (Å²) >= 11 is 0. The van der Waals surface area contributed by atoms with Gasteiger partial charge >= 0.3 is 5.97 Å². The third kappa shape index (κ3) is 6.61. The molecule has 37 heavy (non-hydrogen) atoms. The lowest BCUT2D eigenvalue weighted by atomic mass is 9.92. The van der Waals surface area contributed by atoms with Gasteiger partial charge in [0.2, 0.25) is 5.82 Å². The summed E-state index contributed by atoms with van der Waals surface area (Å²) in [5.74, 6) is 0.00634. The van der Waals surface area contributed by atoms with Gasteiger partial charge in [0.15, 0.2) is 0 Å². The average molecular weight is 505 g/mol. The first-order valence-corrected chi connectivity index (χ1v) is 12.8. The highest BCUT2D eigenvalue weighted by atomic mass is 16.4. The molecule has 1 fully saturated rings. The van der Waals surface area contributed by atoms with Crippen LogP contribution < -0.4 is 0 Å². The van der Waals surface area contributed by atoms with Crippen LogP contribution in [0, 0.1) is 0 Å². The lowest BCUT2D eigenvalue weighted by Gasteiger charge is -2.47. The van der Waals surface area contributed by atoms with E-state index in [4.69, 9.17) is 5.11 Å². The maximum Gasteiger partial charge on any atom is 0.303 e. The minimum Gasteiger partial charge on any atom is -0.508 e. The van der Waals surface area contributed by atoms with Crippen LogP contribution in [0.15, 0.2) is 61.2 Å². The molecule has 9 nitrogen and oxygen atoms in total. The fourth-order valence-corrected chi connectivity index (χ4v) is 5.07. The Morgan fingerprint density at radius 1 is 1.11 bits per heavy atom. The van der Waals surface area contributed by atoms with E-state index < -0.39 is 5.97 Å². The highest BCUT2D eigenvalue weighted by Gasteiger charge is 2.34. The van der Waals surface area contributed by atoms with Crippen LogP contribution in [0.1, 0.15) is 50.3 Å². The predicted molar refractivity (Wildman–Crippen MR) is 142 cm³/mol. The third-order valence-corrected chi connectivity index (χ3v) is 6.98. The first-order chi connectivity index (χ1) is 17.9. The van der Waals surface area contributed by atoms with Crippen LogP contribution >= 0.6 is 0 Å². The number of tetrazole rings is 1. The minimum absolute atomic E-state index is 0.0117. The van der Waals surface area contributed by atoms with Crippen LogP contribution in [0.2, 0.25) is 0 Å². The van der Waals surface area contributed by atoms with Crippen LogP contribution in [0.4, 0.5) is 0 Å². The van der Waals surface area contributed by atoms with Crippen LogP contribution in [-0.2, 0) is 11.3 Å². The summed E-state index contributed by atoms with van der Waals surface area (Å²) in [6.45, 7) is 11.7. The van der Waals surface area contributed by atoms with E-state index in [1.54, 1.807) is 6.07 Å².